The van der Waals surface area contributed by atoms with Crippen molar-refractivity contribution in [1.29, 1.82) is 0 Å². The van der Waals surface area contributed by atoms with Gasteiger partial charge in [0.15, 0.2) is 0 Å². The number of nitrogens with one attached hydrogen (secondary N) is 1. The second-order valence-electron chi connectivity index (χ2n) is 6.15. The van der Waals surface area contributed by atoms with Gasteiger partial charge in [-0.25, -0.2) is 0 Å². The van der Waals surface area contributed by atoms with E-state index in [1.807, 2.05) is 25.1 Å². The second-order valence-corrected chi connectivity index (χ2v) is 6.56. The number of carbonyl (C=O) groups is 2. The summed E-state index contributed by atoms with van der Waals surface area (Å²) in [6.45, 7) is 4.53. The standard InChI is InChI=1S/C18H20ClN3O3/c1-3-15-17(11(2)25-21-15)18(24)20-13-8-16(23)22(10-13)9-12-6-4-5-7-14(12)19/h4-7,13H,3,8-10H2,1-2H3,(H,20,24)/t13-/m0/s1. The third-order valence-electron chi connectivity index (χ3n) is 4.36. The number of amides is 2. The van der Waals surface area contributed by atoms with Gasteiger partial charge in [0.05, 0.1) is 11.7 Å². The van der Waals surface area contributed by atoms with Crippen molar-refractivity contribution in [2.45, 2.75) is 39.3 Å². The number of aryl methyl sites for hydroxylation is 2. The van der Waals surface area contributed by atoms with E-state index >= 15 is 0 Å². The van der Waals surface area contributed by atoms with Crippen molar-refractivity contribution in [3.8, 4) is 0 Å². The number of rotatable bonds is 5. The Kier molecular flexibility index (Phi) is 5.08. The lowest BCUT2D eigenvalue weighted by molar-refractivity contribution is -0.128. The van der Waals surface area contributed by atoms with Crippen LogP contribution in [0.5, 0.6) is 0 Å². The van der Waals surface area contributed by atoms with E-state index in [1.165, 1.54) is 0 Å². The van der Waals surface area contributed by atoms with Crippen molar-refractivity contribution >= 4 is 23.4 Å². The van der Waals surface area contributed by atoms with E-state index in [-0.39, 0.29) is 24.3 Å². The average Bonchev–Trinajstić information content (AvgIpc) is 3.12. The van der Waals surface area contributed by atoms with Gasteiger partial charge >= 0.3 is 0 Å². The Morgan fingerprint density at radius 3 is 2.92 bits per heavy atom. The van der Waals surface area contributed by atoms with E-state index < -0.39 is 0 Å². The summed E-state index contributed by atoms with van der Waals surface area (Å²) in [6.07, 6.45) is 0.893. The first-order valence-electron chi connectivity index (χ1n) is 8.26. The maximum atomic E-state index is 12.5. The first-order valence-corrected chi connectivity index (χ1v) is 8.64. The fourth-order valence-electron chi connectivity index (χ4n) is 3.06. The fraction of sp³-hybridized carbons (Fsp3) is 0.389. The average molecular weight is 362 g/mol. The molecule has 0 aliphatic carbocycles. The van der Waals surface area contributed by atoms with Crippen molar-refractivity contribution in [2.75, 3.05) is 6.54 Å². The Morgan fingerprint density at radius 1 is 1.44 bits per heavy atom. The second kappa shape index (κ2) is 7.27. The molecule has 1 N–H and O–H groups in total. The lowest BCUT2D eigenvalue weighted by atomic mass is 10.1. The molecule has 0 bridgehead atoms. The summed E-state index contributed by atoms with van der Waals surface area (Å²) in [5, 5.41) is 7.46. The monoisotopic (exact) mass is 361 g/mol. The molecule has 2 aromatic rings. The summed E-state index contributed by atoms with van der Waals surface area (Å²) in [5.41, 5.74) is 2.00. The van der Waals surface area contributed by atoms with Crippen LogP contribution in [0.3, 0.4) is 0 Å². The Bertz CT molecular complexity index is 803. The smallest absolute Gasteiger partial charge is 0.257 e. The molecule has 1 saturated heterocycles. The van der Waals surface area contributed by atoms with Crippen LogP contribution in [0.2, 0.25) is 5.02 Å². The molecule has 7 heteroatoms. The zero-order chi connectivity index (χ0) is 18.0. The predicted molar refractivity (Wildman–Crippen MR) is 93.4 cm³/mol. The van der Waals surface area contributed by atoms with Gasteiger partial charge in [-0.05, 0) is 25.0 Å². The highest BCUT2D eigenvalue weighted by Crippen LogP contribution is 2.21. The Labute approximate surface area is 151 Å². The molecule has 1 fully saturated rings. The molecular weight excluding hydrogens is 342 g/mol. The number of hydrogen-bond acceptors (Lipinski definition) is 4. The number of carbonyl (C=O) groups excluding carboxylic acids is 2. The van der Waals surface area contributed by atoms with Gasteiger partial charge in [-0.3, -0.25) is 9.59 Å². The molecule has 0 saturated carbocycles. The summed E-state index contributed by atoms with van der Waals surface area (Å²) in [6, 6.07) is 7.21. The molecule has 1 aliphatic heterocycles. The van der Waals surface area contributed by atoms with E-state index in [0.29, 0.717) is 41.6 Å². The zero-order valence-corrected chi connectivity index (χ0v) is 15.0. The van der Waals surface area contributed by atoms with E-state index in [9.17, 15) is 9.59 Å². The van der Waals surface area contributed by atoms with Gasteiger partial charge in [0.25, 0.3) is 5.91 Å². The van der Waals surface area contributed by atoms with Gasteiger partial charge in [-0.2, -0.15) is 0 Å². The van der Waals surface area contributed by atoms with Crippen LogP contribution in [0, 0.1) is 6.92 Å². The van der Waals surface area contributed by atoms with Gasteiger partial charge in [-0.1, -0.05) is 41.9 Å². The molecule has 1 aromatic heterocycles. The number of hydrogen-bond donors (Lipinski definition) is 1. The van der Waals surface area contributed by atoms with Crippen molar-refractivity contribution in [1.82, 2.24) is 15.4 Å². The van der Waals surface area contributed by atoms with Gasteiger partial charge in [0.2, 0.25) is 5.91 Å². The summed E-state index contributed by atoms with van der Waals surface area (Å²) in [4.78, 5) is 26.5. The van der Waals surface area contributed by atoms with Gasteiger partial charge < -0.3 is 14.7 Å². The van der Waals surface area contributed by atoms with Crippen LogP contribution in [0.4, 0.5) is 0 Å². The van der Waals surface area contributed by atoms with E-state index in [2.05, 4.69) is 10.5 Å². The number of aromatic nitrogens is 1. The van der Waals surface area contributed by atoms with Gasteiger partial charge in [0.1, 0.15) is 11.3 Å². The highest BCUT2D eigenvalue weighted by molar-refractivity contribution is 6.31. The van der Waals surface area contributed by atoms with Crippen molar-refractivity contribution in [3.05, 3.63) is 51.9 Å². The molecule has 0 radical (unpaired) electrons. The molecule has 1 atom stereocenters. The summed E-state index contributed by atoms with van der Waals surface area (Å²) in [5.74, 6) is 0.252. The number of nitrogens with zero attached hydrogens (tertiary/aromatic N) is 2. The Hall–Kier alpha value is -2.34. The molecule has 132 valence electrons. The lowest BCUT2D eigenvalue weighted by Gasteiger charge is -2.18. The maximum Gasteiger partial charge on any atom is 0.257 e. The van der Waals surface area contributed by atoms with Crippen LogP contribution >= 0.6 is 11.6 Å². The first kappa shape index (κ1) is 17.5. The predicted octanol–water partition coefficient (Wildman–Crippen LogP) is 2.73. The van der Waals surface area contributed by atoms with Gasteiger partial charge in [0, 0.05) is 24.5 Å². The van der Waals surface area contributed by atoms with Crippen molar-refractivity contribution in [2.24, 2.45) is 0 Å². The molecule has 0 spiro atoms. The van der Waals surface area contributed by atoms with Crippen molar-refractivity contribution < 1.29 is 14.1 Å². The largest absolute Gasteiger partial charge is 0.361 e. The first-order chi connectivity index (χ1) is 12.0. The molecule has 2 amide bonds. The maximum absolute atomic E-state index is 12.5. The third-order valence-corrected chi connectivity index (χ3v) is 4.73. The number of halogens is 1. The molecule has 25 heavy (non-hydrogen) atoms. The van der Waals surface area contributed by atoms with Crippen molar-refractivity contribution in [3.63, 3.8) is 0 Å². The fourth-order valence-corrected chi connectivity index (χ4v) is 3.26. The van der Waals surface area contributed by atoms with Crippen LogP contribution in [0.15, 0.2) is 28.8 Å². The van der Waals surface area contributed by atoms with Crippen LogP contribution in [0.25, 0.3) is 0 Å². The highest BCUT2D eigenvalue weighted by Gasteiger charge is 2.32. The molecule has 2 heterocycles. The Balaban J connectivity index is 1.65. The topological polar surface area (TPSA) is 75.4 Å². The van der Waals surface area contributed by atoms with Crippen LogP contribution in [-0.4, -0.2) is 34.5 Å². The molecule has 1 aromatic carbocycles. The van der Waals surface area contributed by atoms with E-state index in [1.54, 1.807) is 17.9 Å². The normalized spacial score (nSPS) is 17.2. The van der Waals surface area contributed by atoms with Crippen LogP contribution in [0.1, 0.15) is 40.7 Å². The number of likely N-dealkylation sites (tertiary alicyclic amines) is 1. The minimum Gasteiger partial charge on any atom is -0.361 e. The summed E-state index contributed by atoms with van der Waals surface area (Å²) < 4.78 is 5.10. The van der Waals surface area contributed by atoms with E-state index in [4.69, 9.17) is 16.1 Å². The molecule has 0 unspecified atom stereocenters. The molecule has 3 rings (SSSR count). The number of benzene rings is 1. The van der Waals surface area contributed by atoms with E-state index in [0.717, 1.165) is 5.56 Å². The molecule has 1 aliphatic rings. The SMILES string of the molecule is CCc1noc(C)c1C(=O)N[C@H]1CC(=O)N(Cc2ccccc2Cl)C1. The molecule has 6 nitrogen and oxygen atoms in total. The summed E-state index contributed by atoms with van der Waals surface area (Å²) in [7, 11) is 0. The zero-order valence-electron chi connectivity index (χ0n) is 14.2. The van der Waals surface area contributed by atoms with Crippen LogP contribution < -0.4 is 5.32 Å². The minimum absolute atomic E-state index is 0.00275. The molecular formula is C18H20ClN3O3. The summed E-state index contributed by atoms with van der Waals surface area (Å²) >= 11 is 6.16. The van der Waals surface area contributed by atoms with Crippen LogP contribution in [-0.2, 0) is 17.8 Å². The minimum atomic E-state index is -0.243. The third kappa shape index (κ3) is 3.69. The lowest BCUT2D eigenvalue weighted by Crippen LogP contribution is -2.37. The Morgan fingerprint density at radius 2 is 2.20 bits per heavy atom. The quantitative estimate of drug-likeness (QED) is 0.888. The highest BCUT2D eigenvalue weighted by atomic mass is 35.5. The van der Waals surface area contributed by atoms with Gasteiger partial charge in [-0.15, -0.1) is 0 Å².